The molecule has 1 aromatic carbocycles. The molecule has 0 saturated carbocycles. The van der Waals surface area contributed by atoms with Crippen LogP contribution in [0, 0.1) is 17.0 Å². The summed E-state index contributed by atoms with van der Waals surface area (Å²) >= 11 is 8.84. The molecule has 0 aliphatic carbocycles. The Labute approximate surface area is 153 Å². The normalized spacial score (nSPS) is 10.8. The fourth-order valence-corrected chi connectivity index (χ4v) is 2.54. The Morgan fingerprint density at radius 2 is 2.24 bits per heavy atom. The van der Waals surface area contributed by atoms with Crippen molar-refractivity contribution in [2.24, 2.45) is 0 Å². The van der Waals surface area contributed by atoms with E-state index in [-0.39, 0.29) is 27.5 Å². The van der Waals surface area contributed by atoms with Gasteiger partial charge >= 0.3 is 12.4 Å². The van der Waals surface area contributed by atoms with E-state index in [9.17, 15) is 23.7 Å². The van der Waals surface area contributed by atoms with Crippen LogP contribution >= 0.6 is 27.5 Å². The molecule has 0 spiro atoms. The zero-order valence-electron chi connectivity index (χ0n) is 12.5. The highest BCUT2D eigenvalue weighted by molar-refractivity contribution is 9.10. The van der Waals surface area contributed by atoms with Gasteiger partial charge in [-0.25, -0.2) is 0 Å². The maximum Gasteiger partial charge on any atom is 0.404 e. The van der Waals surface area contributed by atoms with E-state index in [2.05, 4.69) is 31.1 Å². The summed E-state index contributed by atoms with van der Waals surface area (Å²) < 4.78 is 29.9. The number of carbonyl (C=O) groups is 1. The van der Waals surface area contributed by atoms with Crippen molar-refractivity contribution in [3.05, 3.63) is 43.5 Å². The summed E-state index contributed by atoms with van der Waals surface area (Å²) in [6, 6.07) is 3.76. The van der Waals surface area contributed by atoms with Crippen LogP contribution in [0.2, 0.25) is 5.02 Å². The first-order chi connectivity index (χ1) is 11.7. The SMILES string of the molecule is Cc1c(Br)c([N+](=O)[O-])nn1CC(=O)Nc1ccc(OC(F)F)c(Cl)c1. The van der Waals surface area contributed by atoms with Crippen molar-refractivity contribution >= 4 is 44.9 Å². The van der Waals surface area contributed by atoms with Crippen LogP contribution in [0.5, 0.6) is 5.75 Å². The third-order valence-electron chi connectivity index (χ3n) is 3.01. The van der Waals surface area contributed by atoms with Crippen LogP contribution in [-0.4, -0.2) is 27.2 Å². The van der Waals surface area contributed by atoms with Gasteiger partial charge in [0.2, 0.25) is 5.91 Å². The van der Waals surface area contributed by atoms with E-state index in [4.69, 9.17) is 11.6 Å². The van der Waals surface area contributed by atoms with Crippen molar-refractivity contribution in [3.63, 3.8) is 0 Å². The molecule has 1 N–H and O–H groups in total. The summed E-state index contributed by atoms with van der Waals surface area (Å²) in [4.78, 5) is 22.2. The number of hydrogen-bond acceptors (Lipinski definition) is 5. The Morgan fingerprint density at radius 3 is 2.76 bits per heavy atom. The van der Waals surface area contributed by atoms with Gasteiger partial charge in [0.15, 0.2) is 0 Å². The molecule has 1 heterocycles. The minimum atomic E-state index is -3.02. The largest absolute Gasteiger partial charge is 0.433 e. The van der Waals surface area contributed by atoms with Crippen molar-refractivity contribution in [3.8, 4) is 5.75 Å². The summed E-state index contributed by atoms with van der Waals surface area (Å²) in [5, 5.41) is 16.9. The van der Waals surface area contributed by atoms with Crippen molar-refractivity contribution < 1.29 is 23.2 Å². The lowest BCUT2D eigenvalue weighted by atomic mass is 10.3. The van der Waals surface area contributed by atoms with E-state index >= 15 is 0 Å². The van der Waals surface area contributed by atoms with Crippen LogP contribution < -0.4 is 10.1 Å². The van der Waals surface area contributed by atoms with Crippen LogP contribution in [0.1, 0.15) is 5.69 Å². The first-order valence-electron chi connectivity index (χ1n) is 6.60. The molecule has 0 aliphatic rings. The first-order valence-corrected chi connectivity index (χ1v) is 7.77. The zero-order chi connectivity index (χ0) is 18.7. The molecule has 0 fully saturated rings. The van der Waals surface area contributed by atoms with Gasteiger partial charge < -0.3 is 20.2 Å². The molecular weight excluding hydrogens is 430 g/mol. The fraction of sp³-hybridized carbons (Fsp3) is 0.231. The predicted molar refractivity (Wildman–Crippen MR) is 88.0 cm³/mol. The first kappa shape index (κ1) is 19.1. The third-order valence-corrected chi connectivity index (χ3v) is 4.24. The molecule has 134 valence electrons. The van der Waals surface area contributed by atoms with Gasteiger partial charge in [-0.2, -0.15) is 13.5 Å². The quantitative estimate of drug-likeness (QED) is 0.546. The van der Waals surface area contributed by atoms with E-state index < -0.39 is 23.3 Å². The van der Waals surface area contributed by atoms with Crippen molar-refractivity contribution in [1.29, 1.82) is 0 Å². The summed E-state index contributed by atoms with van der Waals surface area (Å²) in [6.45, 7) is -1.74. The van der Waals surface area contributed by atoms with Gasteiger partial charge in [0.05, 0.1) is 15.8 Å². The van der Waals surface area contributed by atoms with E-state index in [0.29, 0.717) is 5.69 Å². The Kier molecular flexibility index (Phi) is 5.90. The number of rotatable bonds is 6. The van der Waals surface area contributed by atoms with Gasteiger partial charge in [-0.15, -0.1) is 0 Å². The molecule has 1 aromatic heterocycles. The average Bonchev–Trinajstić information content (AvgIpc) is 2.78. The number of halogens is 4. The smallest absolute Gasteiger partial charge is 0.404 e. The molecule has 2 aromatic rings. The summed E-state index contributed by atoms with van der Waals surface area (Å²) in [5.41, 5.74) is 0.649. The Balaban J connectivity index is 2.09. The number of nitro groups is 1. The predicted octanol–water partition coefficient (Wildman–Crippen LogP) is 3.76. The molecule has 12 heteroatoms. The van der Waals surface area contributed by atoms with E-state index in [1.54, 1.807) is 6.92 Å². The van der Waals surface area contributed by atoms with Gasteiger partial charge in [0, 0.05) is 5.69 Å². The molecule has 1 amide bonds. The summed E-state index contributed by atoms with van der Waals surface area (Å²) in [6.07, 6.45) is 0. The van der Waals surface area contributed by atoms with Gasteiger partial charge in [-0.05, 0) is 46.0 Å². The Morgan fingerprint density at radius 1 is 1.56 bits per heavy atom. The highest BCUT2D eigenvalue weighted by Gasteiger charge is 2.24. The van der Waals surface area contributed by atoms with E-state index in [0.717, 1.165) is 4.68 Å². The highest BCUT2D eigenvalue weighted by Crippen LogP contribution is 2.29. The lowest BCUT2D eigenvalue weighted by molar-refractivity contribution is -0.390. The second kappa shape index (κ2) is 7.74. The van der Waals surface area contributed by atoms with Crippen LogP contribution in [-0.2, 0) is 11.3 Å². The number of nitrogens with zero attached hydrogens (tertiary/aromatic N) is 3. The topological polar surface area (TPSA) is 99.3 Å². The molecular formula is C13H10BrClF2N4O4. The van der Waals surface area contributed by atoms with Crippen molar-refractivity contribution in [2.45, 2.75) is 20.1 Å². The maximum absolute atomic E-state index is 12.2. The molecule has 2 rings (SSSR count). The monoisotopic (exact) mass is 438 g/mol. The minimum Gasteiger partial charge on any atom is -0.433 e. The molecule has 0 atom stereocenters. The number of alkyl halides is 2. The number of aromatic nitrogens is 2. The zero-order valence-corrected chi connectivity index (χ0v) is 14.8. The Bertz CT molecular complexity index is 831. The molecule has 0 saturated heterocycles. The number of carbonyl (C=O) groups excluding carboxylic acids is 1. The van der Waals surface area contributed by atoms with Gasteiger partial charge in [0.25, 0.3) is 0 Å². The van der Waals surface area contributed by atoms with Crippen molar-refractivity contribution in [1.82, 2.24) is 9.78 Å². The van der Waals surface area contributed by atoms with Gasteiger partial charge in [-0.3, -0.25) is 4.79 Å². The number of nitrogens with one attached hydrogen (secondary N) is 1. The van der Waals surface area contributed by atoms with Crippen LogP contribution in [0.15, 0.2) is 22.7 Å². The number of benzene rings is 1. The third kappa shape index (κ3) is 4.63. The molecule has 25 heavy (non-hydrogen) atoms. The number of ether oxygens (including phenoxy) is 1. The van der Waals surface area contributed by atoms with Crippen LogP contribution in [0.3, 0.4) is 0 Å². The standard InChI is InChI=1S/C13H10BrClF2N4O4/c1-6-11(14)12(21(23)24)19-20(6)5-10(22)18-7-2-3-9(8(15)4-7)25-13(16)17/h2-4,13H,5H2,1H3,(H,18,22). The van der Waals surface area contributed by atoms with Gasteiger partial charge in [0.1, 0.15) is 16.8 Å². The molecule has 0 bridgehead atoms. The lowest BCUT2D eigenvalue weighted by Crippen LogP contribution is -2.20. The molecule has 8 nitrogen and oxygen atoms in total. The van der Waals surface area contributed by atoms with Gasteiger partial charge in [-0.1, -0.05) is 11.6 Å². The fourth-order valence-electron chi connectivity index (χ4n) is 1.89. The number of amides is 1. The molecule has 0 aliphatic heterocycles. The lowest BCUT2D eigenvalue weighted by Gasteiger charge is -2.09. The highest BCUT2D eigenvalue weighted by atomic mass is 79.9. The number of anilines is 1. The van der Waals surface area contributed by atoms with Crippen LogP contribution in [0.4, 0.5) is 20.3 Å². The maximum atomic E-state index is 12.2. The average molecular weight is 440 g/mol. The van der Waals surface area contributed by atoms with E-state index in [1.807, 2.05) is 0 Å². The van der Waals surface area contributed by atoms with E-state index in [1.165, 1.54) is 18.2 Å². The minimum absolute atomic E-state index is 0.105. The summed E-state index contributed by atoms with van der Waals surface area (Å²) in [7, 11) is 0. The second-order valence-corrected chi connectivity index (χ2v) is 5.91. The Hall–Kier alpha value is -2.27. The summed E-state index contributed by atoms with van der Waals surface area (Å²) in [5.74, 6) is -1.16. The van der Waals surface area contributed by atoms with Crippen molar-refractivity contribution in [2.75, 3.05) is 5.32 Å². The number of hydrogen-bond donors (Lipinski definition) is 1. The second-order valence-electron chi connectivity index (χ2n) is 4.71. The molecule has 0 unspecified atom stereocenters. The van der Waals surface area contributed by atoms with Crippen LogP contribution in [0.25, 0.3) is 0 Å². The molecule has 0 radical (unpaired) electrons.